The van der Waals surface area contributed by atoms with Gasteiger partial charge in [-0.25, -0.2) is 0 Å². The third kappa shape index (κ3) is 27.0. The number of rotatable bonds is 37. The van der Waals surface area contributed by atoms with Crippen LogP contribution in [0.4, 0.5) is 0 Å². The summed E-state index contributed by atoms with van der Waals surface area (Å²) < 4.78 is 26.1. The highest BCUT2D eigenvalue weighted by atomic mass is 16.7. The van der Waals surface area contributed by atoms with Crippen LogP contribution in [0.15, 0.2) is 0 Å². The van der Waals surface area contributed by atoms with E-state index in [-0.39, 0.29) is 12.6 Å². The van der Waals surface area contributed by atoms with E-state index in [1.165, 1.54) is 103 Å². The van der Waals surface area contributed by atoms with Gasteiger partial charge in [-0.05, 0) is 51.4 Å². The largest absolute Gasteiger partial charge is 0.352 e. The van der Waals surface area contributed by atoms with Crippen LogP contribution in [0.3, 0.4) is 0 Å². The summed E-state index contributed by atoms with van der Waals surface area (Å²) in [5.74, 6) is 0.894. The first-order chi connectivity index (χ1) is 21.7. The van der Waals surface area contributed by atoms with Crippen LogP contribution in [0.1, 0.15) is 208 Å². The lowest BCUT2D eigenvalue weighted by Gasteiger charge is -2.32. The molecule has 0 heterocycles. The third-order valence-corrected chi connectivity index (χ3v) is 9.16. The number of unbranched alkanes of at least 4 members (excludes halogenated alkanes) is 16. The van der Waals surface area contributed by atoms with Crippen molar-refractivity contribution in [2.45, 2.75) is 221 Å². The maximum absolute atomic E-state index is 6.51. The van der Waals surface area contributed by atoms with Gasteiger partial charge in [0, 0.05) is 38.3 Å². The average molecular weight is 627 g/mol. The molecule has 0 aliphatic rings. The van der Waals surface area contributed by atoms with Crippen LogP contribution in [0, 0.1) is 11.8 Å². The van der Waals surface area contributed by atoms with Crippen molar-refractivity contribution in [2.24, 2.45) is 11.8 Å². The van der Waals surface area contributed by atoms with Gasteiger partial charge in [-0.1, -0.05) is 157 Å². The zero-order valence-electron chi connectivity index (χ0n) is 31.2. The second kappa shape index (κ2) is 35.7. The first-order valence-electron chi connectivity index (χ1n) is 20.1. The fraction of sp³-hybridized carbons (Fsp3) is 1.00. The minimum Gasteiger partial charge on any atom is -0.352 e. The maximum Gasteiger partial charge on any atom is 0.160 e. The Balaban J connectivity index is 5.57. The van der Waals surface area contributed by atoms with Gasteiger partial charge in [-0.3, -0.25) is 0 Å². The standard InChI is InChI=1S/C40H82O4/c1-7-13-19-21-23-25-27-29-37(39(41-33-15-9-3)42-34-16-10-4)31-32-38(30-28-26-24-22-20-14-8-2)40(43-35-17-11-5)44-36-18-12-6/h37-40H,7-36H2,1-6H3. The van der Waals surface area contributed by atoms with Gasteiger partial charge in [0.15, 0.2) is 12.6 Å². The smallest absolute Gasteiger partial charge is 0.160 e. The predicted octanol–water partition coefficient (Wildman–Crippen LogP) is 13.2. The Hall–Kier alpha value is -0.160. The van der Waals surface area contributed by atoms with E-state index in [1.807, 2.05) is 0 Å². The Morgan fingerprint density at radius 3 is 0.795 bits per heavy atom. The third-order valence-electron chi connectivity index (χ3n) is 9.16. The molecule has 44 heavy (non-hydrogen) atoms. The summed E-state index contributed by atoms with van der Waals surface area (Å²) in [5, 5.41) is 0. The van der Waals surface area contributed by atoms with E-state index in [1.54, 1.807) is 0 Å². The fourth-order valence-electron chi connectivity index (χ4n) is 6.00. The Labute approximate surface area is 277 Å². The highest BCUT2D eigenvalue weighted by Crippen LogP contribution is 2.31. The van der Waals surface area contributed by atoms with E-state index in [9.17, 15) is 0 Å². The average Bonchev–Trinajstić information content (AvgIpc) is 3.03. The lowest BCUT2D eigenvalue weighted by atomic mass is 9.88. The van der Waals surface area contributed by atoms with E-state index in [2.05, 4.69) is 41.5 Å². The molecule has 0 aromatic carbocycles. The summed E-state index contributed by atoms with van der Waals surface area (Å²) in [6.45, 7) is 16.8. The summed E-state index contributed by atoms with van der Waals surface area (Å²) in [6, 6.07) is 0. The second-order valence-electron chi connectivity index (χ2n) is 13.6. The molecule has 2 unspecified atom stereocenters. The molecule has 0 aliphatic heterocycles. The van der Waals surface area contributed by atoms with Crippen molar-refractivity contribution < 1.29 is 18.9 Å². The Kier molecular flexibility index (Phi) is 35.6. The topological polar surface area (TPSA) is 36.9 Å². The van der Waals surface area contributed by atoms with Crippen LogP contribution in [-0.2, 0) is 18.9 Å². The van der Waals surface area contributed by atoms with Crippen molar-refractivity contribution in [3.63, 3.8) is 0 Å². The van der Waals surface area contributed by atoms with E-state index in [0.29, 0.717) is 11.8 Å². The Bertz CT molecular complexity index is 462. The molecule has 0 rings (SSSR count). The molecule has 0 amide bonds. The maximum atomic E-state index is 6.51. The van der Waals surface area contributed by atoms with Crippen LogP contribution in [0.25, 0.3) is 0 Å². The SMILES string of the molecule is CCCCCCCCCC(CCC(CCCCCCCCC)C(OCCCC)OCCCC)C(OCCCC)OCCCC. The van der Waals surface area contributed by atoms with E-state index < -0.39 is 0 Å². The highest BCUT2D eigenvalue weighted by Gasteiger charge is 2.28. The van der Waals surface area contributed by atoms with Crippen LogP contribution in [0.5, 0.6) is 0 Å². The number of ether oxygens (including phenoxy) is 4. The van der Waals surface area contributed by atoms with Gasteiger partial charge in [0.25, 0.3) is 0 Å². The Morgan fingerprint density at radius 2 is 0.523 bits per heavy atom. The molecule has 0 saturated heterocycles. The van der Waals surface area contributed by atoms with Gasteiger partial charge < -0.3 is 18.9 Å². The molecule has 0 radical (unpaired) electrons. The minimum atomic E-state index is -0.0760. The van der Waals surface area contributed by atoms with Crippen LogP contribution in [-0.4, -0.2) is 39.0 Å². The van der Waals surface area contributed by atoms with Gasteiger partial charge >= 0.3 is 0 Å². The van der Waals surface area contributed by atoms with Gasteiger partial charge in [0.1, 0.15) is 0 Å². The molecule has 4 nitrogen and oxygen atoms in total. The predicted molar refractivity (Wildman–Crippen MR) is 192 cm³/mol. The summed E-state index contributed by atoms with van der Waals surface area (Å²) in [6.07, 6.45) is 32.5. The number of hydrogen-bond acceptors (Lipinski definition) is 4. The summed E-state index contributed by atoms with van der Waals surface area (Å²) in [5.41, 5.74) is 0. The van der Waals surface area contributed by atoms with Crippen LogP contribution in [0.2, 0.25) is 0 Å². The molecular weight excluding hydrogens is 544 g/mol. The molecule has 0 fully saturated rings. The fourth-order valence-corrected chi connectivity index (χ4v) is 6.00. The normalized spacial score (nSPS) is 13.4. The van der Waals surface area contributed by atoms with Gasteiger partial charge in [0.05, 0.1) is 0 Å². The molecule has 0 saturated carbocycles. The first-order valence-corrected chi connectivity index (χ1v) is 20.1. The van der Waals surface area contributed by atoms with E-state index in [4.69, 9.17) is 18.9 Å². The molecule has 0 N–H and O–H groups in total. The molecule has 266 valence electrons. The molecule has 2 atom stereocenters. The molecule has 4 heteroatoms. The summed E-state index contributed by atoms with van der Waals surface area (Å²) >= 11 is 0. The zero-order chi connectivity index (χ0) is 32.4. The van der Waals surface area contributed by atoms with Gasteiger partial charge in [0.2, 0.25) is 0 Å². The van der Waals surface area contributed by atoms with E-state index in [0.717, 1.165) is 90.6 Å². The summed E-state index contributed by atoms with van der Waals surface area (Å²) in [4.78, 5) is 0. The molecule has 0 bridgehead atoms. The molecule has 0 spiro atoms. The number of hydrogen-bond donors (Lipinski definition) is 0. The second-order valence-corrected chi connectivity index (χ2v) is 13.6. The van der Waals surface area contributed by atoms with Crippen molar-refractivity contribution in [1.82, 2.24) is 0 Å². The zero-order valence-corrected chi connectivity index (χ0v) is 31.2. The van der Waals surface area contributed by atoms with E-state index >= 15 is 0 Å². The van der Waals surface area contributed by atoms with Crippen molar-refractivity contribution in [3.05, 3.63) is 0 Å². The highest BCUT2D eigenvalue weighted by molar-refractivity contribution is 4.72. The van der Waals surface area contributed by atoms with Crippen molar-refractivity contribution >= 4 is 0 Å². The van der Waals surface area contributed by atoms with Crippen molar-refractivity contribution in [2.75, 3.05) is 26.4 Å². The quantitative estimate of drug-likeness (QED) is 0.0508. The van der Waals surface area contributed by atoms with Crippen LogP contribution < -0.4 is 0 Å². The molecule has 0 aromatic heterocycles. The van der Waals surface area contributed by atoms with Crippen molar-refractivity contribution in [3.8, 4) is 0 Å². The lowest BCUT2D eigenvalue weighted by Crippen LogP contribution is -2.32. The molecule has 0 aliphatic carbocycles. The minimum absolute atomic E-state index is 0.0760. The molecule has 0 aromatic rings. The van der Waals surface area contributed by atoms with Crippen LogP contribution >= 0.6 is 0 Å². The molecular formula is C40H82O4. The Morgan fingerprint density at radius 1 is 0.273 bits per heavy atom. The van der Waals surface area contributed by atoms with Gasteiger partial charge in [-0.15, -0.1) is 0 Å². The van der Waals surface area contributed by atoms with Gasteiger partial charge in [-0.2, -0.15) is 0 Å². The van der Waals surface area contributed by atoms with Crippen molar-refractivity contribution in [1.29, 1.82) is 0 Å². The summed E-state index contributed by atoms with van der Waals surface area (Å²) in [7, 11) is 0. The first kappa shape index (κ1) is 43.8. The monoisotopic (exact) mass is 627 g/mol. The lowest BCUT2D eigenvalue weighted by molar-refractivity contribution is -0.188.